The zero-order chi connectivity index (χ0) is 12.1. The van der Waals surface area contributed by atoms with Crippen LogP contribution in [0.3, 0.4) is 0 Å². The van der Waals surface area contributed by atoms with Crippen molar-refractivity contribution in [3.63, 3.8) is 0 Å². The zero-order valence-corrected chi connectivity index (χ0v) is 10.3. The molecule has 1 aromatic rings. The lowest BCUT2D eigenvalue weighted by molar-refractivity contribution is -0.0746. The van der Waals surface area contributed by atoms with Gasteiger partial charge in [-0.2, -0.15) is 5.10 Å². The van der Waals surface area contributed by atoms with E-state index >= 15 is 0 Å². The van der Waals surface area contributed by atoms with E-state index in [9.17, 15) is 4.79 Å². The summed E-state index contributed by atoms with van der Waals surface area (Å²) in [7, 11) is 2.81. The Morgan fingerprint density at radius 2 is 2.19 bits per heavy atom. The monoisotopic (exact) mass is 246 g/mol. The van der Waals surface area contributed by atoms with Crippen molar-refractivity contribution in [1.29, 1.82) is 0 Å². The third-order valence-electron chi connectivity index (χ3n) is 2.11. The number of methoxy groups -OCH3 is 2. The molecule has 0 radical (unpaired) electrons. The van der Waals surface area contributed by atoms with Gasteiger partial charge in [0.2, 0.25) is 12.1 Å². The molecule has 0 unspecified atom stereocenters. The lowest BCUT2D eigenvalue weighted by Gasteiger charge is -2.13. The fourth-order valence-electron chi connectivity index (χ4n) is 1.41. The minimum atomic E-state index is -0.940. The summed E-state index contributed by atoms with van der Waals surface area (Å²) < 4.78 is 11.4. The van der Waals surface area contributed by atoms with Crippen LogP contribution in [0.5, 0.6) is 0 Å². The van der Waals surface area contributed by atoms with Crippen molar-refractivity contribution in [2.24, 2.45) is 0 Å². The van der Waals surface area contributed by atoms with Crippen LogP contribution in [-0.4, -0.2) is 36.1 Å². The third kappa shape index (κ3) is 2.61. The van der Waals surface area contributed by atoms with E-state index in [4.69, 9.17) is 21.1 Å². The number of ether oxygens (including phenoxy) is 2. The maximum Gasteiger partial charge on any atom is 0.238 e. The van der Waals surface area contributed by atoms with Crippen LogP contribution in [-0.2, 0) is 16.0 Å². The highest BCUT2D eigenvalue weighted by atomic mass is 35.5. The van der Waals surface area contributed by atoms with Crippen molar-refractivity contribution >= 4 is 17.4 Å². The highest BCUT2D eigenvalue weighted by molar-refractivity contribution is 6.33. The Balaban J connectivity index is 3.01. The molecule has 0 spiro atoms. The molecule has 0 saturated heterocycles. The molecule has 0 bridgehead atoms. The molecule has 0 N–H and O–H groups in total. The topological polar surface area (TPSA) is 53.4 Å². The van der Waals surface area contributed by atoms with E-state index in [0.29, 0.717) is 17.3 Å². The number of hydrogen-bond acceptors (Lipinski definition) is 4. The van der Waals surface area contributed by atoms with E-state index in [1.54, 1.807) is 4.68 Å². The summed E-state index contributed by atoms with van der Waals surface area (Å²) in [6.07, 6.45) is 1.38. The van der Waals surface area contributed by atoms with Crippen LogP contribution in [0.15, 0.2) is 6.20 Å². The number of carbonyl (C=O) groups excluding carboxylic acids is 1. The Kier molecular flexibility index (Phi) is 4.92. The van der Waals surface area contributed by atoms with Crippen LogP contribution in [0, 0.1) is 0 Å². The lowest BCUT2D eigenvalue weighted by Crippen LogP contribution is -2.27. The van der Waals surface area contributed by atoms with E-state index in [0.717, 1.165) is 6.42 Å². The number of ketones is 1. The Bertz CT molecular complexity index is 361. The van der Waals surface area contributed by atoms with E-state index in [1.165, 1.54) is 20.4 Å². The molecule has 1 rings (SSSR count). The maximum absolute atomic E-state index is 12.0. The number of hydrogen-bond donors (Lipinski definition) is 0. The van der Waals surface area contributed by atoms with E-state index in [2.05, 4.69) is 5.10 Å². The average Bonchev–Trinajstić information content (AvgIpc) is 2.62. The predicted octanol–water partition coefficient (Wildman–Crippen LogP) is 1.75. The highest BCUT2D eigenvalue weighted by Gasteiger charge is 2.25. The standard InChI is InChI=1S/C10H15ClN2O3/c1-4-5-13-8(7(11)6-12-13)9(14)10(15-2)16-3/h6,10H,4-5H2,1-3H3. The van der Waals surface area contributed by atoms with Crippen LogP contribution >= 0.6 is 11.6 Å². The molecule has 0 fully saturated rings. The van der Waals surface area contributed by atoms with Gasteiger partial charge in [0.25, 0.3) is 0 Å². The number of aryl methyl sites for hydroxylation is 1. The smallest absolute Gasteiger partial charge is 0.238 e. The lowest BCUT2D eigenvalue weighted by atomic mass is 10.2. The van der Waals surface area contributed by atoms with Gasteiger partial charge in [-0.05, 0) is 6.42 Å². The van der Waals surface area contributed by atoms with Gasteiger partial charge in [0, 0.05) is 20.8 Å². The fraction of sp³-hybridized carbons (Fsp3) is 0.600. The Morgan fingerprint density at radius 3 is 2.69 bits per heavy atom. The molecule has 0 saturated carbocycles. The zero-order valence-electron chi connectivity index (χ0n) is 9.57. The fourth-order valence-corrected chi connectivity index (χ4v) is 1.65. The molecule has 0 aromatic carbocycles. The Labute approximate surface area is 99.3 Å². The van der Waals surface area contributed by atoms with Gasteiger partial charge < -0.3 is 9.47 Å². The van der Waals surface area contributed by atoms with Gasteiger partial charge in [-0.25, -0.2) is 0 Å². The summed E-state index contributed by atoms with van der Waals surface area (Å²) in [5.41, 5.74) is 0.331. The van der Waals surface area contributed by atoms with Crippen molar-refractivity contribution in [3.05, 3.63) is 16.9 Å². The Morgan fingerprint density at radius 1 is 1.56 bits per heavy atom. The average molecular weight is 247 g/mol. The summed E-state index contributed by atoms with van der Waals surface area (Å²) in [6, 6.07) is 0. The van der Waals surface area contributed by atoms with Crippen molar-refractivity contribution in [2.45, 2.75) is 26.2 Å². The number of nitrogens with zero attached hydrogens (tertiary/aromatic N) is 2. The van der Waals surface area contributed by atoms with Crippen LogP contribution in [0.4, 0.5) is 0 Å². The Hall–Kier alpha value is -0.910. The summed E-state index contributed by atoms with van der Waals surface area (Å²) in [5.74, 6) is -0.319. The van der Waals surface area contributed by atoms with E-state index < -0.39 is 6.29 Å². The molecule has 90 valence electrons. The van der Waals surface area contributed by atoms with Crippen molar-refractivity contribution < 1.29 is 14.3 Å². The summed E-state index contributed by atoms with van der Waals surface area (Å²) in [6.45, 7) is 2.63. The SMILES string of the molecule is CCCn1ncc(Cl)c1C(=O)C(OC)OC. The molecule has 0 aliphatic rings. The molecule has 16 heavy (non-hydrogen) atoms. The van der Waals surface area contributed by atoms with Gasteiger partial charge in [-0.3, -0.25) is 9.48 Å². The third-order valence-corrected chi connectivity index (χ3v) is 2.38. The van der Waals surface area contributed by atoms with Gasteiger partial charge in [-0.15, -0.1) is 0 Å². The van der Waals surface area contributed by atoms with Crippen LogP contribution < -0.4 is 0 Å². The molecule has 0 atom stereocenters. The molecule has 0 aliphatic carbocycles. The highest BCUT2D eigenvalue weighted by Crippen LogP contribution is 2.18. The van der Waals surface area contributed by atoms with Crippen molar-refractivity contribution in [1.82, 2.24) is 9.78 Å². The maximum atomic E-state index is 12.0. The van der Waals surface area contributed by atoms with Gasteiger partial charge in [0.15, 0.2) is 0 Å². The molecular formula is C10H15ClN2O3. The summed E-state index contributed by atoms with van der Waals surface area (Å²) >= 11 is 5.92. The number of carbonyl (C=O) groups is 1. The molecule has 5 nitrogen and oxygen atoms in total. The first-order valence-electron chi connectivity index (χ1n) is 4.96. The predicted molar refractivity (Wildman–Crippen MR) is 59.7 cm³/mol. The van der Waals surface area contributed by atoms with Crippen LogP contribution in [0.1, 0.15) is 23.8 Å². The second-order valence-corrected chi connectivity index (χ2v) is 3.64. The molecule has 0 aliphatic heterocycles. The van der Waals surface area contributed by atoms with Crippen molar-refractivity contribution in [3.8, 4) is 0 Å². The first-order chi connectivity index (χ1) is 7.65. The van der Waals surface area contributed by atoms with Gasteiger partial charge in [0.05, 0.1) is 11.2 Å². The second-order valence-electron chi connectivity index (χ2n) is 3.23. The van der Waals surface area contributed by atoms with Gasteiger partial charge in [-0.1, -0.05) is 18.5 Å². The first kappa shape index (κ1) is 13.2. The van der Waals surface area contributed by atoms with E-state index in [-0.39, 0.29) is 5.78 Å². The first-order valence-corrected chi connectivity index (χ1v) is 5.34. The minimum absolute atomic E-state index is 0.317. The summed E-state index contributed by atoms with van der Waals surface area (Å²) in [5, 5.41) is 4.35. The molecular weight excluding hydrogens is 232 g/mol. The quantitative estimate of drug-likeness (QED) is 0.567. The normalized spacial score (nSPS) is 11.1. The minimum Gasteiger partial charge on any atom is -0.349 e. The van der Waals surface area contributed by atoms with Gasteiger partial charge >= 0.3 is 0 Å². The van der Waals surface area contributed by atoms with E-state index in [1.807, 2.05) is 6.92 Å². The molecule has 1 aromatic heterocycles. The largest absolute Gasteiger partial charge is 0.349 e. The number of halogens is 1. The number of Topliss-reactive ketones (excluding diaryl/α,β-unsaturated/α-hetero) is 1. The van der Waals surface area contributed by atoms with Crippen LogP contribution in [0.25, 0.3) is 0 Å². The molecule has 6 heteroatoms. The van der Waals surface area contributed by atoms with Crippen molar-refractivity contribution in [2.75, 3.05) is 14.2 Å². The number of aromatic nitrogens is 2. The molecule has 1 heterocycles. The number of rotatable bonds is 6. The van der Waals surface area contributed by atoms with Crippen LogP contribution in [0.2, 0.25) is 5.02 Å². The summed E-state index contributed by atoms with van der Waals surface area (Å²) in [4.78, 5) is 12.0. The molecule has 0 amide bonds. The van der Waals surface area contributed by atoms with Gasteiger partial charge in [0.1, 0.15) is 5.69 Å². The second kappa shape index (κ2) is 5.98.